The van der Waals surface area contributed by atoms with Crippen LogP contribution in [0.3, 0.4) is 0 Å². The SMILES string of the molecule is CC[C@@H](C)C(=O)O[C@H]1CC(=O)N(C)c2cc(cc(C)c2Cl)C/C(C)=C/C=C/[C@@H](OC)[C@@]2(O)C[C@H](OC(=O)N2)[C@H](C)[C@H]2O[C@@]12C.CO[C@@H]1/C=C/C=C(\C)Cc2cc(C)c(Cl)c(c2)N(C)C(=O)C[C@H](OC(=O)[C@H](C)N(C)C)[C@]2(C)O[C@@H]2[C@@H](C)[C@@H]2C[C@@]1(O)NC(=O)O2.CO[C@@H]1/C=C/C=C(\C)Cc2cc(C)c(Cl)c(c2)N(C)C(=O)C[C@H](OC(=O)[C@H](C)N)[C@]2(C)O[C@@H]2[C@@H](C)[C@@H]2C[C@@]1(O)NC(=O)O2. The van der Waals surface area contributed by atoms with Gasteiger partial charge in [0, 0.05) is 79.5 Å². The number of carbonyl (C=O) groups is 9. The maximum Gasteiger partial charge on any atom is 0.409 e. The van der Waals surface area contributed by atoms with E-state index in [1.807, 2.05) is 124 Å². The van der Waals surface area contributed by atoms with Crippen molar-refractivity contribution in [3.8, 4) is 0 Å². The number of nitrogens with zero attached hydrogens (tertiary/aromatic N) is 4. The molecule has 12 bridgehead atoms. The number of halogens is 3. The third kappa shape index (κ3) is 24.0. The lowest BCUT2D eigenvalue weighted by Gasteiger charge is -2.42. The number of carbonyl (C=O) groups excluding carboxylic acids is 9. The fourth-order valence-electron chi connectivity index (χ4n) is 18.0. The Morgan fingerprint density at radius 2 is 0.758 bits per heavy atom. The van der Waals surface area contributed by atoms with E-state index in [0.29, 0.717) is 57.8 Å². The third-order valence-electron chi connectivity index (χ3n) is 27.1. The van der Waals surface area contributed by atoms with Crippen LogP contribution in [0.15, 0.2) is 108 Å². The Morgan fingerprint density at radius 1 is 0.485 bits per heavy atom. The van der Waals surface area contributed by atoms with Gasteiger partial charge in [-0.1, -0.05) is 159 Å². The molecule has 35 heteroatoms. The zero-order valence-corrected chi connectivity index (χ0v) is 82.3. The standard InChI is InChI=1S/C33H46ClN3O8.C33H45ClN2O8.C31H42ClN3O8/c1-18-11-10-12-25(42-9)33(41)17-24(43-31(40)35-33)20(3)29-32(5,45-29)26(44-30(39)21(4)36(6)7)16-27(38)37(8)23-15-22(13-18)14-19(2)28(23)34;1-9-19(3)30(38)43-26-16-27(37)36(7)23-15-22(14-20(4)28(23)34)13-18(2)11-10-12-25(41-8)33(40)17-24(42-31(39)35-33)21(5)29-32(26,6)44-29;1-16-9-8-10-23(40-7)31(39)15-22(41-29(38)34-31)18(3)27-30(5,43-27)24(42-28(37)19(4)33)14-25(36)35(6)21-13-20(11-16)12-17(2)26(21)32/h10-12,14-15,20-21,24-26,29,41H,13,16-17H2,1-9H3,(H,35,40);10-12,14-15,19,21,24-26,29,40H,9,13,16-17H2,1-8H3,(H,35,39);8-10,12-13,18-19,22-24,27,39H,11,14-15,33H2,1-7H3,(H,34,38)/b2*12-10+,18-11+;10-8+,16-9+/t20-,21-,24-,25+,26-,29+,32-,33-;19-,21+,24+,25-,26+,29-,32+,33+;18-,19-,22-,23+,24-,27+,30-,31-/m010/s1. The lowest BCUT2D eigenvalue weighted by atomic mass is 9.83. The molecule has 6 fully saturated rings. The van der Waals surface area contributed by atoms with Crippen LogP contribution in [0.1, 0.15) is 168 Å². The summed E-state index contributed by atoms with van der Waals surface area (Å²) < 4.78 is 70.0. The van der Waals surface area contributed by atoms with Crippen molar-refractivity contribution in [2.75, 3.05) is 71.3 Å². The van der Waals surface area contributed by atoms with Crippen LogP contribution in [0.4, 0.5) is 31.4 Å². The number of methoxy groups -OCH3 is 3. The second-order valence-corrected chi connectivity index (χ2v) is 38.9. The molecule has 0 saturated carbocycles. The van der Waals surface area contributed by atoms with Crippen LogP contribution in [0.5, 0.6) is 0 Å². The number of ether oxygens (including phenoxy) is 12. The summed E-state index contributed by atoms with van der Waals surface area (Å²) in [6.45, 7) is 29.3. The molecule has 0 unspecified atom stereocenters. The zero-order valence-electron chi connectivity index (χ0n) is 80.0. The van der Waals surface area contributed by atoms with Crippen molar-refractivity contribution in [1.29, 1.82) is 0 Å². The average molecular weight is 1900 g/mol. The number of allylic oxidation sites excluding steroid dienone is 9. The van der Waals surface area contributed by atoms with E-state index < -0.39 is 173 Å². The number of fused-ring (bicyclic) bond motifs is 15. The summed E-state index contributed by atoms with van der Waals surface area (Å²) in [5, 5.41) is 43.7. The van der Waals surface area contributed by atoms with Gasteiger partial charge in [0.1, 0.15) is 83.8 Å². The molecule has 0 spiro atoms. The Hall–Kier alpha value is -8.84. The van der Waals surface area contributed by atoms with E-state index in [0.717, 1.165) is 50.1 Å². The zero-order chi connectivity index (χ0) is 97.8. The van der Waals surface area contributed by atoms with Gasteiger partial charge < -0.3 is 92.6 Å². The highest BCUT2D eigenvalue weighted by Gasteiger charge is 2.68. The molecular weight excluding hydrogens is 1770 g/mol. The minimum absolute atomic E-state index is 0.00302. The van der Waals surface area contributed by atoms with Crippen LogP contribution in [-0.4, -0.2) is 250 Å². The predicted molar refractivity (Wildman–Crippen MR) is 497 cm³/mol. The Balaban J connectivity index is 0.000000205. The minimum Gasteiger partial charge on any atom is -0.458 e. The van der Waals surface area contributed by atoms with Gasteiger partial charge in [0.15, 0.2) is 17.2 Å². The third-order valence-corrected chi connectivity index (χ3v) is 28.6. The molecule has 8 N–H and O–H groups in total. The van der Waals surface area contributed by atoms with Gasteiger partial charge in [0.05, 0.1) is 75.6 Å². The summed E-state index contributed by atoms with van der Waals surface area (Å²) in [6, 6.07) is 10.1. The molecule has 726 valence electrons. The van der Waals surface area contributed by atoms with Gasteiger partial charge >= 0.3 is 36.2 Å². The maximum atomic E-state index is 13.9. The van der Waals surface area contributed by atoms with Crippen LogP contribution >= 0.6 is 34.8 Å². The van der Waals surface area contributed by atoms with Crippen LogP contribution in [-0.2, 0) is 105 Å². The maximum absolute atomic E-state index is 13.9. The second kappa shape index (κ2) is 42.6. The molecule has 3 aromatic rings. The number of aliphatic hydroxyl groups is 3. The number of amides is 6. The summed E-state index contributed by atoms with van der Waals surface area (Å²) in [7, 11) is 12.8. The number of benzene rings is 3. The number of aryl methyl sites for hydroxylation is 3. The van der Waals surface area contributed by atoms with E-state index in [4.69, 9.17) is 97.4 Å². The van der Waals surface area contributed by atoms with Crippen LogP contribution < -0.4 is 36.4 Å². The van der Waals surface area contributed by atoms with Crippen molar-refractivity contribution in [2.45, 2.75) is 294 Å². The molecule has 32 nitrogen and oxygen atoms in total. The molecule has 9 aliphatic heterocycles. The number of likely N-dealkylation sites (N-methyl/N-ethyl adjacent to an activating group) is 1. The molecule has 0 aliphatic carbocycles. The topological polar surface area (TPSA) is 410 Å². The van der Waals surface area contributed by atoms with E-state index in [2.05, 4.69) is 16.0 Å². The molecule has 3 aromatic carbocycles. The van der Waals surface area contributed by atoms with Crippen molar-refractivity contribution in [3.63, 3.8) is 0 Å². The first-order valence-electron chi connectivity index (χ1n) is 44.7. The summed E-state index contributed by atoms with van der Waals surface area (Å²) in [4.78, 5) is 124. The van der Waals surface area contributed by atoms with Crippen LogP contribution in [0.2, 0.25) is 15.1 Å². The van der Waals surface area contributed by atoms with Gasteiger partial charge in [-0.2, -0.15) is 0 Å². The van der Waals surface area contributed by atoms with Crippen molar-refractivity contribution in [1.82, 2.24) is 20.9 Å². The molecule has 0 radical (unpaired) electrons. The Labute approximate surface area is 788 Å². The first-order chi connectivity index (χ1) is 61.7. The van der Waals surface area contributed by atoms with Crippen molar-refractivity contribution in [2.24, 2.45) is 29.4 Å². The number of nitrogens with two attached hydrogens (primary N) is 1. The van der Waals surface area contributed by atoms with E-state index >= 15 is 0 Å². The lowest BCUT2D eigenvalue weighted by Crippen LogP contribution is -2.63. The highest BCUT2D eigenvalue weighted by Crippen LogP contribution is 2.53. The molecule has 9 aliphatic rings. The molecule has 12 rings (SSSR count). The number of hydrogen-bond donors (Lipinski definition) is 7. The monoisotopic (exact) mass is 1900 g/mol. The minimum atomic E-state index is -1.77. The Bertz CT molecular complexity index is 5020. The number of epoxide rings is 3. The first kappa shape index (κ1) is 105. The smallest absolute Gasteiger partial charge is 0.409 e. The van der Waals surface area contributed by atoms with Gasteiger partial charge in [-0.25, -0.2) is 14.4 Å². The number of esters is 3. The molecule has 6 amide bonds. The van der Waals surface area contributed by atoms with Crippen molar-refractivity contribution < 1.29 is 115 Å². The molecular formula is C97H133Cl3N8O24. The second-order valence-electron chi connectivity index (χ2n) is 37.8. The summed E-state index contributed by atoms with van der Waals surface area (Å²) in [5.41, 5.74) is 7.22. The Kier molecular flexibility index (Phi) is 34.0. The number of alkyl carbamates (subject to hydrolysis) is 3. The quantitative estimate of drug-likeness (QED) is 0.0532. The summed E-state index contributed by atoms with van der Waals surface area (Å²) >= 11 is 20.1. The van der Waals surface area contributed by atoms with E-state index in [1.54, 1.807) is 111 Å². The van der Waals surface area contributed by atoms with E-state index in [9.17, 15) is 58.5 Å². The number of hydrogen-bond acceptors (Lipinski definition) is 26. The predicted octanol–water partition coefficient (Wildman–Crippen LogP) is 12.2. The molecule has 132 heavy (non-hydrogen) atoms. The van der Waals surface area contributed by atoms with Crippen molar-refractivity contribution in [3.05, 3.63) is 156 Å². The van der Waals surface area contributed by atoms with Crippen LogP contribution in [0.25, 0.3) is 0 Å². The fourth-order valence-corrected chi connectivity index (χ4v) is 18.8. The molecule has 0 aromatic heterocycles. The number of nitrogens with one attached hydrogen (secondary N) is 3. The number of anilines is 3. The first-order valence-corrected chi connectivity index (χ1v) is 45.8. The van der Waals surface area contributed by atoms with E-state index in [-0.39, 0.29) is 62.2 Å². The van der Waals surface area contributed by atoms with Crippen LogP contribution in [0, 0.1) is 44.4 Å². The highest BCUT2D eigenvalue weighted by molar-refractivity contribution is 6.35. The van der Waals surface area contributed by atoms with Crippen molar-refractivity contribution >= 4 is 106 Å². The Morgan fingerprint density at radius 3 is 1.02 bits per heavy atom. The highest BCUT2D eigenvalue weighted by atomic mass is 35.5. The van der Waals surface area contributed by atoms with Gasteiger partial charge in [-0.3, -0.25) is 49.6 Å². The summed E-state index contributed by atoms with van der Waals surface area (Å²) in [6.07, 6.45) is 6.01. The largest absolute Gasteiger partial charge is 0.458 e. The molecule has 24 atom stereocenters. The summed E-state index contributed by atoms with van der Waals surface area (Å²) in [5.74, 6) is -4.25. The molecule has 6 saturated heterocycles. The van der Waals surface area contributed by atoms with Gasteiger partial charge in [-0.05, 0) is 168 Å². The number of rotatable bonds is 11. The molecule has 9 heterocycles. The van der Waals surface area contributed by atoms with Gasteiger partial charge in [-0.15, -0.1) is 0 Å². The normalized spacial score (nSPS) is 35.4. The lowest BCUT2D eigenvalue weighted by molar-refractivity contribution is -0.159. The van der Waals surface area contributed by atoms with Gasteiger partial charge in [0.2, 0.25) is 17.7 Å². The average Bonchev–Trinajstić information content (AvgIpc) is 1.58. The van der Waals surface area contributed by atoms with E-state index in [1.165, 1.54) is 43.0 Å². The van der Waals surface area contributed by atoms with Gasteiger partial charge in [0.25, 0.3) is 0 Å². The fraction of sp³-hybridized carbons (Fsp3) is 0.598.